The van der Waals surface area contributed by atoms with Gasteiger partial charge in [-0.2, -0.15) is 4.99 Å². The Kier molecular flexibility index (Phi) is 8.57. The SMILES string of the molecule is C=C(/C=C(\N=C(N)N1CCC(n2ccnc2)CC1)Nc1cc(C(C)C)c(OCC)cc1C)C(=O)O. The molecule has 2 aromatic rings. The number of nitrogens with one attached hydrogen (secondary N) is 1. The minimum atomic E-state index is -1.12. The molecule has 0 atom stereocenters. The summed E-state index contributed by atoms with van der Waals surface area (Å²) >= 11 is 0. The maximum Gasteiger partial charge on any atom is 0.335 e. The summed E-state index contributed by atoms with van der Waals surface area (Å²) in [5.74, 6) is 0.608. The number of piperidine rings is 1. The highest BCUT2D eigenvalue weighted by molar-refractivity contribution is 5.89. The molecule has 9 heteroatoms. The summed E-state index contributed by atoms with van der Waals surface area (Å²) in [4.78, 5) is 22.2. The molecule has 0 saturated carbocycles. The first kappa shape index (κ1) is 25.9. The number of carboxylic acids is 1. The second kappa shape index (κ2) is 11.6. The molecule has 1 aromatic heterocycles. The minimum Gasteiger partial charge on any atom is -0.494 e. The Labute approximate surface area is 207 Å². The van der Waals surface area contributed by atoms with Crippen molar-refractivity contribution >= 4 is 17.6 Å². The average Bonchev–Trinajstić information content (AvgIpc) is 3.35. The van der Waals surface area contributed by atoms with Crippen molar-refractivity contribution in [1.29, 1.82) is 0 Å². The van der Waals surface area contributed by atoms with E-state index < -0.39 is 5.97 Å². The van der Waals surface area contributed by atoms with Crippen LogP contribution in [0.1, 0.15) is 56.7 Å². The van der Waals surface area contributed by atoms with Crippen molar-refractivity contribution in [2.75, 3.05) is 25.0 Å². The van der Waals surface area contributed by atoms with Gasteiger partial charge in [0.15, 0.2) is 5.96 Å². The molecule has 3 rings (SSSR count). The fraction of sp³-hybridized carbons (Fsp3) is 0.423. The molecule has 1 aliphatic rings. The number of hydrogen-bond acceptors (Lipinski definition) is 5. The number of nitrogens with two attached hydrogens (primary N) is 1. The van der Waals surface area contributed by atoms with E-state index in [2.05, 4.69) is 40.3 Å². The Hall–Kier alpha value is -3.75. The van der Waals surface area contributed by atoms with E-state index in [9.17, 15) is 9.90 Å². The van der Waals surface area contributed by atoms with Gasteiger partial charge in [0.1, 0.15) is 11.6 Å². The number of aryl methyl sites for hydroxylation is 1. The zero-order chi connectivity index (χ0) is 25.5. The number of hydrogen-bond donors (Lipinski definition) is 3. The number of aliphatic carboxylic acids is 1. The molecule has 4 N–H and O–H groups in total. The third-order valence-electron chi connectivity index (χ3n) is 6.10. The number of guanidine groups is 1. The number of ether oxygens (including phenoxy) is 1. The van der Waals surface area contributed by atoms with Crippen molar-refractivity contribution in [2.24, 2.45) is 10.7 Å². The van der Waals surface area contributed by atoms with Crippen molar-refractivity contribution in [3.63, 3.8) is 0 Å². The maximum absolute atomic E-state index is 11.5. The lowest BCUT2D eigenvalue weighted by atomic mass is 9.99. The van der Waals surface area contributed by atoms with E-state index in [4.69, 9.17) is 10.5 Å². The second-order valence-corrected chi connectivity index (χ2v) is 8.98. The van der Waals surface area contributed by atoms with Crippen LogP contribution in [0.5, 0.6) is 5.75 Å². The minimum absolute atomic E-state index is 0.0875. The van der Waals surface area contributed by atoms with Crippen molar-refractivity contribution < 1.29 is 14.6 Å². The summed E-state index contributed by atoms with van der Waals surface area (Å²) in [6.45, 7) is 13.8. The first-order chi connectivity index (χ1) is 16.7. The first-order valence-corrected chi connectivity index (χ1v) is 11.9. The Bertz CT molecular complexity index is 1100. The summed E-state index contributed by atoms with van der Waals surface area (Å²) in [5, 5.41) is 12.7. The van der Waals surface area contributed by atoms with E-state index in [-0.39, 0.29) is 11.5 Å². The number of rotatable bonds is 9. The number of benzene rings is 1. The van der Waals surface area contributed by atoms with Gasteiger partial charge in [-0.05, 0) is 61.9 Å². The van der Waals surface area contributed by atoms with Gasteiger partial charge in [0.25, 0.3) is 0 Å². The molecule has 2 heterocycles. The average molecular weight is 481 g/mol. The largest absolute Gasteiger partial charge is 0.494 e. The normalized spacial score (nSPS) is 15.4. The van der Waals surface area contributed by atoms with Crippen LogP contribution < -0.4 is 15.8 Å². The summed E-state index contributed by atoms with van der Waals surface area (Å²) in [7, 11) is 0. The zero-order valence-electron chi connectivity index (χ0n) is 21.0. The van der Waals surface area contributed by atoms with Crippen LogP contribution in [0, 0.1) is 6.92 Å². The Balaban J connectivity index is 1.85. The number of anilines is 1. The first-order valence-electron chi connectivity index (χ1n) is 11.9. The predicted octanol–water partition coefficient (Wildman–Crippen LogP) is 4.26. The lowest BCUT2D eigenvalue weighted by Crippen LogP contribution is -2.43. The van der Waals surface area contributed by atoms with Crippen molar-refractivity contribution in [2.45, 2.75) is 52.5 Å². The van der Waals surface area contributed by atoms with Crippen LogP contribution in [0.2, 0.25) is 0 Å². The number of imidazole rings is 1. The van der Waals surface area contributed by atoms with Gasteiger partial charge in [0.2, 0.25) is 0 Å². The van der Waals surface area contributed by atoms with Crippen LogP contribution in [-0.4, -0.2) is 51.2 Å². The lowest BCUT2D eigenvalue weighted by Gasteiger charge is -2.33. The second-order valence-electron chi connectivity index (χ2n) is 8.98. The highest BCUT2D eigenvalue weighted by atomic mass is 16.5. The summed E-state index contributed by atoms with van der Waals surface area (Å²) in [6.07, 6.45) is 8.83. The molecule has 9 nitrogen and oxygen atoms in total. The highest BCUT2D eigenvalue weighted by Gasteiger charge is 2.22. The molecular weight excluding hydrogens is 444 g/mol. The molecule has 1 saturated heterocycles. The topological polar surface area (TPSA) is 118 Å². The molecule has 35 heavy (non-hydrogen) atoms. The van der Waals surface area contributed by atoms with Gasteiger partial charge in [-0.15, -0.1) is 0 Å². The number of carboxylic acid groups (broad SMARTS) is 1. The molecule has 0 radical (unpaired) electrons. The van der Waals surface area contributed by atoms with Gasteiger partial charge in [-0.1, -0.05) is 20.4 Å². The number of nitrogens with zero attached hydrogens (tertiary/aromatic N) is 4. The van der Waals surface area contributed by atoms with E-state index in [1.54, 1.807) is 6.20 Å². The van der Waals surface area contributed by atoms with E-state index in [0.29, 0.717) is 24.4 Å². The van der Waals surface area contributed by atoms with Gasteiger partial charge in [-0.3, -0.25) is 0 Å². The van der Waals surface area contributed by atoms with Gasteiger partial charge in [0, 0.05) is 37.2 Å². The zero-order valence-corrected chi connectivity index (χ0v) is 21.0. The molecule has 0 amide bonds. The standard InChI is InChI=1S/C26H36N6O3/c1-6-35-23-13-18(4)22(15-21(23)17(2)3)29-24(14-19(5)25(33)34)30-26(27)31-10-7-20(8-11-31)32-12-9-28-16-32/h9,12-17,20,29H,5-8,10-11H2,1-4H3,(H2,27,30)(H,33,34)/b24-14-. The molecule has 1 aromatic carbocycles. The van der Waals surface area contributed by atoms with E-state index in [0.717, 1.165) is 48.5 Å². The monoisotopic (exact) mass is 480 g/mol. The van der Waals surface area contributed by atoms with Crippen LogP contribution in [0.25, 0.3) is 0 Å². The van der Waals surface area contributed by atoms with Crippen LogP contribution >= 0.6 is 0 Å². The molecular formula is C26H36N6O3. The molecule has 0 unspecified atom stereocenters. The fourth-order valence-electron chi connectivity index (χ4n) is 4.10. The Morgan fingerprint density at radius 3 is 2.69 bits per heavy atom. The summed E-state index contributed by atoms with van der Waals surface area (Å²) < 4.78 is 7.94. The van der Waals surface area contributed by atoms with E-state index in [1.807, 2.05) is 43.4 Å². The van der Waals surface area contributed by atoms with Crippen LogP contribution in [0.3, 0.4) is 0 Å². The molecule has 0 spiro atoms. The van der Waals surface area contributed by atoms with Crippen molar-refractivity contribution in [1.82, 2.24) is 14.5 Å². The number of aromatic nitrogens is 2. The number of likely N-dealkylation sites (tertiary alicyclic amines) is 1. The van der Waals surface area contributed by atoms with E-state index >= 15 is 0 Å². The quantitative estimate of drug-likeness (QED) is 0.212. The fourth-order valence-corrected chi connectivity index (χ4v) is 4.10. The summed E-state index contributed by atoms with van der Waals surface area (Å²) in [6, 6.07) is 4.38. The maximum atomic E-state index is 11.5. The van der Waals surface area contributed by atoms with Gasteiger partial charge >= 0.3 is 5.97 Å². The van der Waals surface area contributed by atoms with Crippen LogP contribution in [0.4, 0.5) is 5.69 Å². The number of carbonyl (C=O) groups is 1. The molecule has 188 valence electrons. The van der Waals surface area contributed by atoms with Gasteiger partial charge in [-0.25, -0.2) is 9.78 Å². The van der Waals surface area contributed by atoms with Crippen LogP contribution in [0.15, 0.2) is 59.9 Å². The number of aliphatic imine (C=N–C) groups is 1. The van der Waals surface area contributed by atoms with Gasteiger partial charge in [0.05, 0.1) is 18.5 Å². The van der Waals surface area contributed by atoms with Gasteiger partial charge < -0.3 is 30.4 Å². The third kappa shape index (κ3) is 6.65. The van der Waals surface area contributed by atoms with Crippen LogP contribution in [-0.2, 0) is 4.79 Å². The van der Waals surface area contributed by atoms with Crippen molar-refractivity contribution in [3.8, 4) is 5.75 Å². The molecule has 1 fully saturated rings. The molecule has 0 aliphatic carbocycles. The molecule has 0 bridgehead atoms. The predicted molar refractivity (Wildman–Crippen MR) is 139 cm³/mol. The summed E-state index contributed by atoms with van der Waals surface area (Å²) in [5.41, 5.74) is 9.09. The van der Waals surface area contributed by atoms with E-state index in [1.165, 1.54) is 6.08 Å². The smallest absolute Gasteiger partial charge is 0.335 e. The molecule has 1 aliphatic heterocycles. The third-order valence-corrected chi connectivity index (χ3v) is 6.10. The van der Waals surface area contributed by atoms with Crippen molar-refractivity contribution in [3.05, 3.63) is 66.0 Å². The lowest BCUT2D eigenvalue weighted by molar-refractivity contribution is -0.132. The Morgan fingerprint density at radius 2 is 2.11 bits per heavy atom. The Morgan fingerprint density at radius 1 is 1.40 bits per heavy atom. The highest BCUT2D eigenvalue weighted by Crippen LogP contribution is 2.33.